The Morgan fingerprint density at radius 2 is 2.12 bits per heavy atom. The summed E-state index contributed by atoms with van der Waals surface area (Å²) in [5, 5.41) is 3.66. The molecule has 0 bridgehead atoms. The molecule has 2 nitrogen and oxygen atoms in total. The van der Waals surface area contributed by atoms with Crippen LogP contribution in [0.2, 0.25) is 0 Å². The molecular weight excluding hydrogens is 196 g/mol. The van der Waals surface area contributed by atoms with Crippen molar-refractivity contribution in [1.82, 2.24) is 10.2 Å². The normalized spacial score (nSPS) is 29.6. The number of hydrogen-bond acceptors (Lipinski definition) is 2. The lowest BCUT2D eigenvalue weighted by atomic mass is 9.99. The van der Waals surface area contributed by atoms with Gasteiger partial charge in [0.05, 0.1) is 0 Å². The highest BCUT2D eigenvalue weighted by atomic mass is 15.2. The van der Waals surface area contributed by atoms with Crippen LogP contribution < -0.4 is 5.32 Å². The summed E-state index contributed by atoms with van der Waals surface area (Å²) in [6, 6.07) is 0.737. The van der Waals surface area contributed by atoms with Crippen LogP contribution in [0.25, 0.3) is 0 Å². The zero-order valence-corrected chi connectivity index (χ0v) is 11.3. The largest absolute Gasteiger partial charge is 0.311 e. The molecule has 1 heterocycles. The lowest BCUT2D eigenvalue weighted by molar-refractivity contribution is 0.154. The molecule has 0 aromatic rings. The molecule has 0 spiro atoms. The van der Waals surface area contributed by atoms with Gasteiger partial charge in [0.1, 0.15) is 0 Å². The number of rotatable bonds is 5. The van der Waals surface area contributed by atoms with Crippen LogP contribution in [0.4, 0.5) is 0 Å². The van der Waals surface area contributed by atoms with Gasteiger partial charge in [0, 0.05) is 32.2 Å². The van der Waals surface area contributed by atoms with E-state index in [1.54, 1.807) is 0 Å². The van der Waals surface area contributed by atoms with Crippen molar-refractivity contribution in [3.8, 4) is 0 Å². The van der Waals surface area contributed by atoms with Crippen molar-refractivity contribution in [2.75, 3.05) is 26.2 Å². The van der Waals surface area contributed by atoms with Gasteiger partial charge in [-0.3, -0.25) is 4.90 Å². The van der Waals surface area contributed by atoms with E-state index in [1.165, 1.54) is 51.9 Å². The Morgan fingerprint density at radius 1 is 1.38 bits per heavy atom. The predicted molar refractivity (Wildman–Crippen MR) is 69.6 cm³/mol. The molecule has 0 radical (unpaired) electrons. The summed E-state index contributed by atoms with van der Waals surface area (Å²) in [6.45, 7) is 12.1. The van der Waals surface area contributed by atoms with E-state index in [4.69, 9.17) is 0 Å². The molecular formula is C14H28N2. The number of piperazine rings is 1. The fraction of sp³-hybridized carbons (Fsp3) is 1.00. The third-order valence-electron chi connectivity index (χ3n) is 4.36. The Hall–Kier alpha value is -0.0800. The van der Waals surface area contributed by atoms with E-state index in [-0.39, 0.29) is 0 Å². The van der Waals surface area contributed by atoms with Crippen LogP contribution in [0, 0.1) is 11.3 Å². The Morgan fingerprint density at radius 3 is 2.69 bits per heavy atom. The van der Waals surface area contributed by atoms with Crippen molar-refractivity contribution < 1.29 is 0 Å². The monoisotopic (exact) mass is 224 g/mol. The number of nitrogens with one attached hydrogen (secondary N) is 1. The van der Waals surface area contributed by atoms with Crippen LogP contribution in [0.5, 0.6) is 0 Å². The van der Waals surface area contributed by atoms with E-state index in [9.17, 15) is 0 Å². The maximum atomic E-state index is 3.66. The van der Waals surface area contributed by atoms with Crippen LogP contribution in [-0.4, -0.2) is 37.1 Å². The fourth-order valence-electron chi connectivity index (χ4n) is 3.04. The first kappa shape index (κ1) is 12.4. The van der Waals surface area contributed by atoms with E-state index >= 15 is 0 Å². The first-order valence-electron chi connectivity index (χ1n) is 7.09. The van der Waals surface area contributed by atoms with Gasteiger partial charge >= 0.3 is 0 Å². The highest BCUT2D eigenvalue weighted by Crippen LogP contribution is 2.49. The second kappa shape index (κ2) is 5.05. The SMILES string of the molecule is CCC1(CN2CCNC(CC(C)C)C2)CC1. The average molecular weight is 224 g/mol. The van der Waals surface area contributed by atoms with Crippen LogP contribution in [0.1, 0.15) is 46.5 Å². The van der Waals surface area contributed by atoms with E-state index < -0.39 is 0 Å². The molecule has 94 valence electrons. The average Bonchev–Trinajstić information content (AvgIpc) is 2.98. The molecule has 1 N–H and O–H groups in total. The first-order chi connectivity index (χ1) is 7.63. The number of hydrogen-bond donors (Lipinski definition) is 1. The van der Waals surface area contributed by atoms with Gasteiger partial charge in [-0.1, -0.05) is 20.8 Å². The molecule has 1 saturated carbocycles. The van der Waals surface area contributed by atoms with E-state index in [1.807, 2.05) is 0 Å². The van der Waals surface area contributed by atoms with Crippen molar-refractivity contribution in [3.05, 3.63) is 0 Å². The van der Waals surface area contributed by atoms with Crippen LogP contribution in [-0.2, 0) is 0 Å². The summed E-state index contributed by atoms with van der Waals surface area (Å²) in [6.07, 6.45) is 5.66. The lowest BCUT2D eigenvalue weighted by Crippen LogP contribution is -2.52. The zero-order valence-electron chi connectivity index (χ0n) is 11.3. The van der Waals surface area contributed by atoms with Crippen molar-refractivity contribution in [3.63, 3.8) is 0 Å². The maximum Gasteiger partial charge on any atom is 0.0198 e. The fourth-order valence-corrected chi connectivity index (χ4v) is 3.04. The quantitative estimate of drug-likeness (QED) is 0.772. The minimum absolute atomic E-state index is 0.722. The van der Waals surface area contributed by atoms with Crippen molar-refractivity contribution in [2.45, 2.75) is 52.5 Å². The van der Waals surface area contributed by atoms with Gasteiger partial charge in [0.15, 0.2) is 0 Å². The Bertz CT molecular complexity index is 221. The van der Waals surface area contributed by atoms with Gasteiger partial charge in [0.2, 0.25) is 0 Å². The summed E-state index contributed by atoms with van der Waals surface area (Å²) >= 11 is 0. The van der Waals surface area contributed by atoms with E-state index in [2.05, 4.69) is 31.0 Å². The molecule has 1 saturated heterocycles. The standard InChI is InChI=1S/C14H28N2/c1-4-14(5-6-14)11-16-8-7-15-13(10-16)9-12(2)3/h12-13,15H,4-11H2,1-3H3. The summed E-state index contributed by atoms with van der Waals surface area (Å²) < 4.78 is 0. The summed E-state index contributed by atoms with van der Waals surface area (Å²) in [5.41, 5.74) is 0.722. The van der Waals surface area contributed by atoms with Crippen LogP contribution >= 0.6 is 0 Å². The van der Waals surface area contributed by atoms with Crippen LogP contribution in [0.15, 0.2) is 0 Å². The predicted octanol–water partition coefficient (Wildman–Crippen LogP) is 2.50. The van der Waals surface area contributed by atoms with Crippen molar-refractivity contribution in [1.29, 1.82) is 0 Å². The third kappa shape index (κ3) is 3.21. The number of nitrogens with zero attached hydrogens (tertiary/aromatic N) is 1. The molecule has 0 amide bonds. The maximum absolute atomic E-state index is 3.66. The second-order valence-corrected chi connectivity index (χ2v) is 6.37. The molecule has 16 heavy (non-hydrogen) atoms. The van der Waals surface area contributed by atoms with Gasteiger partial charge in [-0.15, -0.1) is 0 Å². The zero-order chi connectivity index (χ0) is 11.6. The molecule has 0 aromatic carbocycles. The van der Waals surface area contributed by atoms with Gasteiger partial charge in [-0.25, -0.2) is 0 Å². The molecule has 1 atom stereocenters. The topological polar surface area (TPSA) is 15.3 Å². The van der Waals surface area contributed by atoms with Gasteiger partial charge in [0.25, 0.3) is 0 Å². The molecule has 1 aliphatic heterocycles. The molecule has 2 aliphatic rings. The summed E-state index contributed by atoms with van der Waals surface area (Å²) in [7, 11) is 0. The van der Waals surface area contributed by atoms with Gasteiger partial charge in [-0.2, -0.15) is 0 Å². The van der Waals surface area contributed by atoms with E-state index in [0.717, 1.165) is 17.4 Å². The summed E-state index contributed by atoms with van der Waals surface area (Å²) in [5.74, 6) is 0.818. The van der Waals surface area contributed by atoms with Crippen molar-refractivity contribution >= 4 is 0 Å². The summed E-state index contributed by atoms with van der Waals surface area (Å²) in [4.78, 5) is 2.71. The minimum atomic E-state index is 0.722. The minimum Gasteiger partial charge on any atom is -0.311 e. The van der Waals surface area contributed by atoms with Crippen molar-refractivity contribution in [2.24, 2.45) is 11.3 Å². The first-order valence-corrected chi connectivity index (χ1v) is 7.09. The van der Waals surface area contributed by atoms with Gasteiger partial charge < -0.3 is 5.32 Å². The van der Waals surface area contributed by atoms with Crippen LogP contribution in [0.3, 0.4) is 0 Å². The molecule has 0 aromatic heterocycles. The molecule has 2 heteroatoms. The third-order valence-corrected chi connectivity index (χ3v) is 4.36. The molecule has 2 rings (SSSR count). The Kier molecular flexibility index (Phi) is 3.91. The Labute approximate surface area is 101 Å². The second-order valence-electron chi connectivity index (χ2n) is 6.37. The Balaban J connectivity index is 1.78. The molecule has 1 unspecified atom stereocenters. The highest BCUT2D eigenvalue weighted by Gasteiger charge is 2.42. The van der Waals surface area contributed by atoms with E-state index in [0.29, 0.717) is 0 Å². The van der Waals surface area contributed by atoms with Gasteiger partial charge in [-0.05, 0) is 37.0 Å². The molecule has 2 fully saturated rings. The lowest BCUT2D eigenvalue weighted by Gasteiger charge is -2.36. The molecule has 1 aliphatic carbocycles. The highest BCUT2D eigenvalue weighted by molar-refractivity contribution is 4.95. The smallest absolute Gasteiger partial charge is 0.0198 e.